The molecule has 0 saturated carbocycles. The summed E-state index contributed by atoms with van der Waals surface area (Å²) in [6.45, 7) is 8.25. The molecule has 0 aliphatic heterocycles. The van der Waals surface area contributed by atoms with E-state index in [1.807, 2.05) is 0 Å². The number of benzene rings is 2. The van der Waals surface area contributed by atoms with Gasteiger partial charge in [0.2, 0.25) is 10.2 Å². The quantitative estimate of drug-likeness (QED) is 0.235. The van der Waals surface area contributed by atoms with Gasteiger partial charge < -0.3 is 4.74 Å². The average Bonchev–Trinajstić information content (AvgIpc) is 2.68. The molecule has 30 heavy (non-hydrogen) atoms. The number of ether oxygens (including phenoxy) is 1. The normalized spacial score (nSPS) is 10.9. The highest BCUT2D eigenvalue weighted by molar-refractivity contribution is 8.14. The zero-order valence-corrected chi connectivity index (χ0v) is 17.2. The number of hydrogen-bond donors (Lipinski definition) is 0. The van der Waals surface area contributed by atoms with Gasteiger partial charge in [0, 0.05) is 9.79 Å². The maximum atomic E-state index is 13.5. The number of alkyl halides is 3. The lowest BCUT2D eigenvalue weighted by atomic mass is 10.1. The van der Waals surface area contributed by atoms with E-state index in [1.54, 1.807) is 0 Å². The van der Waals surface area contributed by atoms with E-state index >= 15 is 0 Å². The zero-order chi connectivity index (χ0) is 22.5. The Morgan fingerprint density at radius 2 is 1.60 bits per heavy atom. The van der Waals surface area contributed by atoms with Crippen LogP contribution < -0.4 is 4.74 Å². The van der Waals surface area contributed by atoms with Gasteiger partial charge in [0.05, 0.1) is 11.1 Å². The first kappa shape index (κ1) is 23.5. The highest BCUT2D eigenvalue weighted by atomic mass is 32.2. The topological polar surface area (TPSA) is 60.4 Å². The molecule has 0 radical (unpaired) electrons. The van der Waals surface area contributed by atoms with Crippen LogP contribution in [-0.2, 0) is 15.8 Å². The van der Waals surface area contributed by atoms with Crippen LogP contribution in [0.1, 0.15) is 22.8 Å². The molecule has 0 fully saturated rings. The minimum absolute atomic E-state index is 0.0134. The van der Waals surface area contributed by atoms with Crippen molar-refractivity contribution in [3.05, 3.63) is 78.4 Å². The van der Waals surface area contributed by atoms with Gasteiger partial charge in [0.15, 0.2) is 0 Å². The monoisotopic (exact) mass is 452 g/mol. The summed E-state index contributed by atoms with van der Waals surface area (Å²) in [5.41, 5.74) is -1.71. The van der Waals surface area contributed by atoms with Gasteiger partial charge in [-0.3, -0.25) is 9.59 Å². The highest BCUT2D eigenvalue weighted by Crippen LogP contribution is 2.36. The fourth-order valence-electron chi connectivity index (χ4n) is 2.09. The van der Waals surface area contributed by atoms with Gasteiger partial charge in [-0.15, -0.1) is 0 Å². The van der Waals surface area contributed by atoms with E-state index in [9.17, 15) is 27.6 Å². The second-order valence-electron chi connectivity index (χ2n) is 5.86. The third-order valence-electron chi connectivity index (χ3n) is 3.49. The Balaban J connectivity index is 2.25. The summed E-state index contributed by atoms with van der Waals surface area (Å²) in [6, 6.07) is 8.62. The average molecular weight is 452 g/mol. The summed E-state index contributed by atoms with van der Waals surface area (Å²) in [5, 5.41) is -0.760. The molecule has 0 N–H and O–H groups in total. The Morgan fingerprint density at radius 3 is 2.13 bits per heavy atom. The molecule has 9 heteroatoms. The van der Waals surface area contributed by atoms with Gasteiger partial charge >= 0.3 is 12.1 Å². The molecule has 2 aromatic rings. The summed E-state index contributed by atoms with van der Waals surface area (Å²) in [5.74, 6) is -1.19. The number of carbonyl (C=O) groups excluding carboxylic acids is 3. The van der Waals surface area contributed by atoms with Crippen molar-refractivity contribution in [2.75, 3.05) is 0 Å². The third kappa shape index (κ3) is 6.36. The van der Waals surface area contributed by atoms with E-state index in [0.29, 0.717) is 16.7 Å². The number of hydrogen-bond acceptors (Lipinski definition) is 6. The smallest absolute Gasteiger partial charge is 0.417 e. The van der Waals surface area contributed by atoms with Crippen LogP contribution in [0.4, 0.5) is 13.2 Å². The maximum Gasteiger partial charge on any atom is 0.417 e. The van der Waals surface area contributed by atoms with Gasteiger partial charge in [0.1, 0.15) is 5.75 Å². The van der Waals surface area contributed by atoms with Crippen molar-refractivity contribution in [3.63, 3.8) is 0 Å². The Kier molecular flexibility index (Phi) is 7.69. The molecule has 0 bridgehead atoms. The minimum atomic E-state index is -4.83. The van der Waals surface area contributed by atoms with Crippen molar-refractivity contribution in [2.45, 2.75) is 22.9 Å². The number of thioether (sulfide) groups is 2. The Hall–Kier alpha value is -2.78. The number of halogens is 3. The van der Waals surface area contributed by atoms with E-state index in [-0.39, 0.29) is 21.3 Å². The van der Waals surface area contributed by atoms with Gasteiger partial charge in [-0.25, -0.2) is 4.79 Å². The van der Waals surface area contributed by atoms with Crippen LogP contribution in [0.5, 0.6) is 5.75 Å². The van der Waals surface area contributed by atoms with Crippen molar-refractivity contribution < 1.29 is 32.3 Å². The molecule has 0 aliphatic carbocycles. The second-order valence-corrected chi connectivity index (χ2v) is 7.99. The largest absolute Gasteiger partial charge is 0.423 e. The van der Waals surface area contributed by atoms with Crippen LogP contribution >= 0.6 is 23.5 Å². The summed E-state index contributed by atoms with van der Waals surface area (Å²) in [4.78, 5) is 36.0. The van der Waals surface area contributed by atoms with E-state index in [4.69, 9.17) is 4.74 Å². The predicted molar refractivity (Wildman–Crippen MR) is 110 cm³/mol. The van der Waals surface area contributed by atoms with Crippen LogP contribution in [0, 0.1) is 0 Å². The van der Waals surface area contributed by atoms with Crippen molar-refractivity contribution in [1.29, 1.82) is 0 Å². The molecule has 2 rings (SSSR count). The fourth-order valence-corrected chi connectivity index (χ4v) is 3.38. The van der Waals surface area contributed by atoms with Crippen molar-refractivity contribution >= 4 is 39.7 Å². The number of esters is 1. The Bertz CT molecular complexity index is 1010. The second kappa shape index (κ2) is 9.82. The fraction of sp³-hybridized carbons (Fsp3) is 0.0952. The van der Waals surface area contributed by atoms with Crippen LogP contribution in [-0.4, -0.2) is 16.2 Å². The number of carbonyl (C=O) groups is 3. The van der Waals surface area contributed by atoms with Gasteiger partial charge in [-0.1, -0.05) is 13.2 Å². The van der Waals surface area contributed by atoms with Crippen LogP contribution in [0.25, 0.3) is 0 Å². The molecule has 0 saturated heterocycles. The summed E-state index contributed by atoms with van der Waals surface area (Å²) < 4.78 is 45.4. The molecular formula is C21H15F3O4S2. The third-order valence-corrected chi connectivity index (χ3v) is 5.39. The molecule has 0 spiro atoms. The SMILES string of the molecule is C=CC(=O)Sc1ccc(OC(=O)c2ccc(SC(=O)C(=C)C)cc2C(F)(F)F)cc1. The first-order valence-electron chi connectivity index (χ1n) is 8.26. The Labute approximate surface area is 179 Å². The molecule has 0 aromatic heterocycles. The highest BCUT2D eigenvalue weighted by Gasteiger charge is 2.36. The molecule has 2 aromatic carbocycles. The Morgan fingerprint density at radius 1 is 1.00 bits per heavy atom. The molecule has 0 unspecified atom stereocenters. The van der Waals surface area contributed by atoms with Gasteiger partial charge in [-0.05, 0) is 84.6 Å². The van der Waals surface area contributed by atoms with Crippen molar-refractivity contribution in [2.24, 2.45) is 0 Å². The summed E-state index contributed by atoms with van der Waals surface area (Å²) in [7, 11) is 0. The molecular weight excluding hydrogens is 437 g/mol. The lowest BCUT2D eigenvalue weighted by molar-refractivity contribution is -0.138. The van der Waals surface area contributed by atoms with E-state index in [0.717, 1.165) is 30.0 Å². The van der Waals surface area contributed by atoms with E-state index in [1.165, 1.54) is 37.3 Å². The molecule has 0 aliphatic rings. The summed E-state index contributed by atoms with van der Waals surface area (Å²) >= 11 is 1.49. The van der Waals surface area contributed by atoms with E-state index in [2.05, 4.69) is 13.2 Å². The lowest BCUT2D eigenvalue weighted by Gasteiger charge is -2.14. The first-order valence-corrected chi connectivity index (χ1v) is 9.90. The molecule has 4 nitrogen and oxygen atoms in total. The predicted octanol–water partition coefficient (Wildman–Crippen LogP) is 5.92. The minimum Gasteiger partial charge on any atom is -0.423 e. The van der Waals surface area contributed by atoms with Crippen molar-refractivity contribution in [1.82, 2.24) is 0 Å². The molecule has 0 atom stereocenters. The zero-order valence-electron chi connectivity index (χ0n) is 15.6. The standard InChI is InChI=1S/C21H15F3O4S2/c1-4-18(25)29-14-7-5-13(6-8-14)28-19(26)16-10-9-15(30-20(27)12(2)3)11-17(16)21(22,23)24/h4-11H,1-2H2,3H3. The van der Waals surface area contributed by atoms with Crippen molar-refractivity contribution in [3.8, 4) is 5.75 Å². The lowest BCUT2D eigenvalue weighted by Crippen LogP contribution is -2.17. The van der Waals surface area contributed by atoms with Gasteiger partial charge in [0.25, 0.3) is 0 Å². The molecule has 0 heterocycles. The van der Waals surface area contributed by atoms with E-state index < -0.39 is 28.4 Å². The van der Waals surface area contributed by atoms with Crippen LogP contribution in [0.15, 0.2) is 77.1 Å². The maximum absolute atomic E-state index is 13.5. The van der Waals surface area contributed by atoms with Gasteiger partial charge in [-0.2, -0.15) is 13.2 Å². The molecule has 156 valence electrons. The van der Waals surface area contributed by atoms with Crippen LogP contribution in [0.2, 0.25) is 0 Å². The first-order chi connectivity index (χ1) is 14.0. The van der Waals surface area contributed by atoms with Crippen LogP contribution in [0.3, 0.4) is 0 Å². The number of rotatable bonds is 6. The summed E-state index contributed by atoms with van der Waals surface area (Å²) in [6.07, 6.45) is -3.69. The molecule has 0 amide bonds.